The molecular weight excluding hydrogens is 298 g/mol. The van der Waals surface area contributed by atoms with Gasteiger partial charge in [-0.1, -0.05) is 11.6 Å². The molecular formula is C13H12ClN3O4. The number of nitrogens with zero attached hydrogens (tertiary/aromatic N) is 2. The summed E-state index contributed by atoms with van der Waals surface area (Å²) in [4.78, 5) is 24.3. The number of amides is 2. The molecule has 1 aliphatic rings. The molecule has 2 N–H and O–H groups in total. The first-order valence-corrected chi connectivity index (χ1v) is 6.49. The van der Waals surface area contributed by atoms with Crippen LogP contribution in [0.5, 0.6) is 0 Å². The summed E-state index contributed by atoms with van der Waals surface area (Å²) in [5.74, 6) is -1.11. The Morgan fingerprint density at radius 1 is 1.52 bits per heavy atom. The minimum atomic E-state index is -1.11. The Kier molecular flexibility index (Phi) is 4.62. The number of anilines is 1. The summed E-state index contributed by atoms with van der Waals surface area (Å²) >= 11 is 5.97. The number of hydrogen-bond acceptors (Lipinski definition) is 4. The molecule has 8 heteroatoms. The van der Waals surface area contributed by atoms with Crippen molar-refractivity contribution in [2.45, 2.75) is 6.10 Å². The first kappa shape index (κ1) is 15.1. The second-order valence-electron chi connectivity index (χ2n) is 4.38. The van der Waals surface area contributed by atoms with E-state index in [9.17, 15) is 9.59 Å². The molecule has 1 aromatic rings. The van der Waals surface area contributed by atoms with Gasteiger partial charge in [-0.2, -0.15) is 5.26 Å². The zero-order valence-corrected chi connectivity index (χ0v) is 11.6. The zero-order chi connectivity index (χ0) is 15.4. The van der Waals surface area contributed by atoms with E-state index < -0.39 is 18.1 Å². The number of ether oxygens (including phenoxy) is 1. The van der Waals surface area contributed by atoms with Crippen LogP contribution in [-0.2, 0) is 9.53 Å². The number of morpholine rings is 1. The molecule has 0 bridgehead atoms. The van der Waals surface area contributed by atoms with Crippen LogP contribution in [0.2, 0.25) is 5.02 Å². The molecule has 1 atom stereocenters. The minimum absolute atomic E-state index is 0.0327. The van der Waals surface area contributed by atoms with Crippen molar-refractivity contribution in [3.63, 3.8) is 0 Å². The molecule has 1 aromatic carbocycles. The second kappa shape index (κ2) is 6.43. The third kappa shape index (κ3) is 3.62. The van der Waals surface area contributed by atoms with Crippen molar-refractivity contribution in [3.05, 3.63) is 28.8 Å². The molecule has 0 aliphatic carbocycles. The number of carbonyl (C=O) groups excluding carboxylic acids is 1. The van der Waals surface area contributed by atoms with E-state index in [1.54, 1.807) is 0 Å². The number of hydrogen-bond donors (Lipinski definition) is 2. The largest absolute Gasteiger partial charge is 0.479 e. The minimum Gasteiger partial charge on any atom is -0.479 e. The molecule has 0 aromatic heterocycles. The lowest BCUT2D eigenvalue weighted by molar-refractivity contribution is -0.154. The highest BCUT2D eigenvalue weighted by Crippen LogP contribution is 2.23. The molecule has 0 saturated carbocycles. The van der Waals surface area contributed by atoms with Crippen LogP contribution in [0.1, 0.15) is 5.56 Å². The monoisotopic (exact) mass is 309 g/mol. The van der Waals surface area contributed by atoms with E-state index >= 15 is 0 Å². The van der Waals surface area contributed by atoms with Gasteiger partial charge >= 0.3 is 12.0 Å². The van der Waals surface area contributed by atoms with E-state index in [2.05, 4.69) is 5.32 Å². The maximum atomic E-state index is 12.1. The van der Waals surface area contributed by atoms with Gasteiger partial charge in [-0.25, -0.2) is 9.59 Å². The van der Waals surface area contributed by atoms with Gasteiger partial charge in [0.2, 0.25) is 0 Å². The van der Waals surface area contributed by atoms with Crippen molar-refractivity contribution in [3.8, 4) is 6.07 Å². The van der Waals surface area contributed by atoms with Gasteiger partial charge in [-0.05, 0) is 18.2 Å². The molecule has 1 saturated heterocycles. The van der Waals surface area contributed by atoms with Crippen molar-refractivity contribution in [2.24, 2.45) is 0 Å². The highest BCUT2D eigenvalue weighted by atomic mass is 35.5. The molecule has 110 valence electrons. The Bertz CT molecular complexity index is 614. The summed E-state index contributed by atoms with van der Waals surface area (Å²) in [6.07, 6.45) is -1.03. The van der Waals surface area contributed by atoms with Crippen LogP contribution in [0, 0.1) is 11.3 Å². The third-order valence-corrected chi connectivity index (χ3v) is 3.28. The molecule has 1 aliphatic heterocycles. The molecule has 1 heterocycles. The summed E-state index contributed by atoms with van der Waals surface area (Å²) in [6, 6.07) is 5.97. The Balaban J connectivity index is 2.04. The van der Waals surface area contributed by atoms with Crippen LogP contribution in [-0.4, -0.2) is 47.8 Å². The first-order chi connectivity index (χ1) is 10.0. The second-order valence-corrected chi connectivity index (χ2v) is 4.79. The average Bonchev–Trinajstić information content (AvgIpc) is 2.49. The van der Waals surface area contributed by atoms with Gasteiger partial charge in [0, 0.05) is 6.54 Å². The predicted octanol–water partition coefficient (Wildman–Crippen LogP) is 1.53. The molecule has 7 nitrogen and oxygen atoms in total. The number of nitriles is 1. The van der Waals surface area contributed by atoms with Gasteiger partial charge in [-0.15, -0.1) is 0 Å². The Hall–Kier alpha value is -2.30. The maximum Gasteiger partial charge on any atom is 0.334 e. The molecule has 21 heavy (non-hydrogen) atoms. The van der Waals surface area contributed by atoms with Gasteiger partial charge in [0.05, 0.1) is 35.5 Å². The molecule has 2 rings (SSSR count). The summed E-state index contributed by atoms with van der Waals surface area (Å²) < 4.78 is 5.04. The van der Waals surface area contributed by atoms with E-state index in [0.717, 1.165) is 0 Å². The molecule has 0 spiro atoms. The summed E-state index contributed by atoms with van der Waals surface area (Å²) in [6.45, 7) is 0.421. The lowest BCUT2D eigenvalue weighted by Crippen LogP contribution is -2.49. The van der Waals surface area contributed by atoms with Gasteiger partial charge in [0.15, 0.2) is 6.10 Å². The number of rotatable bonds is 2. The fourth-order valence-electron chi connectivity index (χ4n) is 1.86. The number of nitrogens with one attached hydrogen (secondary N) is 1. The Morgan fingerprint density at radius 3 is 2.90 bits per heavy atom. The number of aliphatic carboxylic acids is 1. The fraction of sp³-hybridized carbons (Fsp3) is 0.308. The van der Waals surface area contributed by atoms with Crippen molar-refractivity contribution in [2.75, 3.05) is 25.0 Å². The van der Waals surface area contributed by atoms with Gasteiger partial charge in [0.1, 0.15) is 0 Å². The van der Waals surface area contributed by atoms with Crippen LogP contribution in [0.4, 0.5) is 10.5 Å². The molecule has 1 fully saturated rings. The highest BCUT2D eigenvalue weighted by molar-refractivity contribution is 6.33. The Labute approximate surface area is 125 Å². The normalized spacial score (nSPS) is 17.9. The topological polar surface area (TPSA) is 103 Å². The van der Waals surface area contributed by atoms with Crippen molar-refractivity contribution in [1.82, 2.24) is 4.90 Å². The number of carbonyl (C=O) groups is 2. The number of carboxylic acid groups (broad SMARTS) is 1. The highest BCUT2D eigenvalue weighted by Gasteiger charge is 2.29. The van der Waals surface area contributed by atoms with Gasteiger partial charge in [0.25, 0.3) is 0 Å². The SMILES string of the molecule is N#Cc1ccc(NC(=O)N2CCOC(C(=O)O)C2)c(Cl)c1. The number of urea groups is 1. The molecule has 1 unspecified atom stereocenters. The van der Waals surface area contributed by atoms with Crippen molar-refractivity contribution >= 4 is 29.3 Å². The van der Waals surface area contributed by atoms with E-state index in [1.165, 1.54) is 23.1 Å². The third-order valence-electron chi connectivity index (χ3n) is 2.97. The standard InChI is InChI=1S/C13H12ClN3O4/c14-9-5-8(6-15)1-2-10(9)16-13(20)17-3-4-21-11(7-17)12(18)19/h1-2,5,11H,3-4,7H2,(H,16,20)(H,18,19). The number of carboxylic acids is 1. The molecule has 0 radical (unpaired) electrons. The van der Waals surface area contributed by atoms with Crippen LogP contribution >= 0.6 is 11.6 Å². The lowest BCUT2D eigenvalue weighted by atomic mass is 10.2. The van der Waals surface area contributed by atoms with Crippen molar-refractivity contribution < 1.29 is 19.4 Å². The molecule has 2 amide bonds. The fourth-order valence-corrected chi connectivity index (χ4v) is 2.09. The zero-order valence-electron chi connectivity index (χ0n) is 10.9. The average molecular weight is 310 g/mol. The van der Waals surface area contributed by atoms with Crippen LogP contribution < -0.4 is 5.32 Å². The van der Waals surface area contributed by atoms with E-state index in [1.807, 2.05) is 6.07 Å². The van der Waals surface area contributed by atoms with Crippen LogP contribution in [0.3, 0.4) is 0 Å². The summed E-state index contributed by atoms with van der Waals surface area (Å²) in [5, 5.41) is 20.5. The first-order valence-electron chi connectivity index (χ1n) is 6.11. The van der Waals surface area contributed by atoms with E-state index in [4.69, 9.17) is 26.7 Å². The number of benzene rings is 1. The van der Waals surface area contributed by atoms with Gasteiger partial charge in [-0.3, -0.25) is 0 Å². The maximum absolute atomic E-state index is 12.1. The smallest absolute Gasteiger partial charge is 0.334 e. The van der Waals surface area contributed by atoms with Crippen LogP contribution in [0.15, 0.2) is 18.2 Å². The summed E-state index contributed by atoms with van der Waals surface area (Å²) in [7, 11) is 0. The van der Waals surface area contributed by atoms with Gasteiger partial charge < -0.3 is 20.1 Å². The Morgan fingerprint density at radius 2 is 2.29 bits per heavy atom. The predicted molar refractivity (Wildman–Crippen MR) is 74.1 cm³/mol. The number of halogens is 1. The van der Waals surface area contributed by atoms with Crippen molar-refractivity contribution in [1.29, 1.82) is 5.26 Å². The van der Waals surface area contributed by atoms with Crippen LogP contribution in [0.25, 0.3) is 0 Å². The lowest BCUT2D eigenvalue weighted by Gasteiger charge is -2.30. The van der Waals surface area contributed by atoms with E-state index in [0.29, 0.717) is 17.8 Å². The quantitative estimate of drug-likeness (QED) is 0.862. The summed E-state index contributed by atoms with van der Waals surface area (Å²) in [5.41, 5.74) is 0.745. The van der Waals surface area contributed by atoms with E-state index in [-0.39, 0.29) is 18.2 Å².